The fourth-order valence-electron chi connectivity index (χ4n) is 3.13. The number of hydrogen-bond donors (Lipinski definition) is 1. The molecule has 1 fully saturated rings. The van der Waals surface area contributed by atoms with Gasteiger partial charge in [-0.25, -0.2) is 4.79 Å². The molecule has 0 bridgehead atoms. The quantitative estimate of drug-likeness (QED) is 0.830. The third-order valence-corrected chi connectivity index (χ3v) is 5.52. The third-order valence-electron chi connectivity index (χ3n) is 4.77. The lowest BCUT2D eigenvalue weighted by molar-refractivity contribution is 0.119. The molecule has 0 aromatic heterocycles. The molecule has 2 aromatic rings. The van der Waals surface area contributed by atoms with Gasteiger partial charge in [-0.15, -0.1) is 11.8 Å². The first-order chi connectivity index (χ1) is 12.2. The van der Waals surface area contributed by atoms with Crippen LogP contribution in [0.2, 0.25) is 0 Å². The van der Waals surface area contributed by atoms with Crippen molar-refractivity contribution in [1.82, 2.24) is 9.80 Å². The van der Waals surface area contributed by atoms with E-state index in [0.29, 0.717) is 6.04 Å². The van der Waals surface area contributed by atoms with E-state index in [-0.39, 0.29) is 6.03 Å². The van der Waals surface area contributed by atoms with Crippen LogP contribution in [0.1, 0.15) is 18.5 Å². The summed E-state index contributed by atoms with van der Waals surface area (Å²) in [4.78, 5) is 18.0. The zero-order valence-corrected chi connectivity index (χ0v) is 15.6. The van der Waals surface area contributed by atoms with E-state index in [4.69, 9.17) is 0 Å². The highest BCUT2D eigenvalue weighted by Gasteiger charge is 2.24. The molecule has 5 heteroatoms. The Morgan fingerprint density at radius 2 is 1.64 bits per heavy atom. The van der Waals surface area contributed by atoms with Gasteiger partial charge in [0.15, 0.2) is 0 Å². The molecule has 1 aliphatic heterocycles. The van der Waals surface area contributed by atoms with Crippen molar-refractivity contribution in [2.24, 2.45) is 0 Å². The maximum atomic E-state index is 12.5. The maximum absolute atomic E-state index is 12.5. The van der Waals surface area contributed by atoms with Crippen LogP contribution in [-0.4, -0.2) is 48.3 Å². The third kappa shape index (κ3) is 4.55. The summed E-state index contributed by atoms with van der Waals surface area (Å²) >= 11 is 1.70. The van der Waals surface area contributed by atoms with E-state index in [1.165, 1.54) is 10.5 Å². The van der Waals surface area contributed by atoms with Crippen LogP contribution >= 0.6 is 11.8 Å². The van der Waals surface area contributed by atoms with E-state index < -0.39 is 0 Å². The minimum absolute atomic E-state index is 0.0103. The van der Waals surface area contributed by atoms with E-state index in [2.05, 4.69) is 41.4 Å². The van der Waals surface area contributed by atoms with Crippen LogP contribution in [-0.2, 0) is 0 Å². The molecule has 0 spiro atoms. The summed E-state index contributed by atoms with van der Waals surface area (Å²) in [6.45, 7) is 5.54. The monoisotopic (exact) mass is 355 g/mol. The lowest BCUT2D eigenvalue weighted by Gasteiger charge is -2.38. The van der Waals surface area contributed by atoms with Gasteiger partial charge in [0.25, 0.3) is 0 Å². The first-order valence-corrected chi connectivity index (χ1v) is 9.89. The summed E-state index contributed by atoms with van der Waals surface area (Å²) in [6, 6.07) is 18.9. The van der Waals surface area contributed by atoms with Crippen LogP contribution in [0.25, 0.3) is 0 Å². The van der Waals surface area contributed by atoms with Gasteiger partial charge < -0.3 is 10.2 Å². The number of thioether (sulfide) groups is 1. The van der Waals surface area contributed by atoms with Crippen LogP contribution < -0.4 is 5.32 Å². The van der Waals surface area contributed by atoms with Gasteiger partial charge in [0.2, 0.25) is 0 Å². The molecule has 3 rings (SSSR count). The number of benzene rings is 2. The van der Waals surface area contributed by atoms with Gasteiger partial charge in [-0.3, -0.25) is 4.90 Å². The van der Waals surface area contributed by atoms with Gasteiger partial charge in [-0.1, -0.05) is 30.3 Å². The van der Waals surface area contributed by atoms with Gasteiger partial charge in [0.05, 0.1) is 0 Å². The van der Waals surface area contributed by atoms with Crippen LogP contribution in [0.4, 0.5) is 10.5 Å². The molecule has 0 radical (unpaired) electrons. The zero-order valence-electron chi connectivity index (χ0n) is 14.8. The molecule has 2 aromatic carbocycles. The summed E-state index contributed by atoms with van der Waals surface area (Å²) in [5, 5.41) is 3.00. The van der Waals surface area contributed by atoms with E-state index in [1.54, 1.807) is 11.8 Å². The van der Waals surface area contributed by atoms with E-state index in [0.717, 1.165) is 31.9 Å². The highest BCUT2D eigenvalue weighted by Crippen LogP contribution is 2.22. The second-order valence-electron chi connectivity index (χ2n) is 6.27. The normalized spacial score (nSPS) is 16.5. The first kappa shape index (κ1) is 17.8. The van der Waals surface area contributed by atoms with Crippen LogP contribution in [0.3, 0.4) is 0 Å². The Bertz CT molecular complexity index is 682. The summed E-state index contributed by atoms with van der Waals surface area (Å²) in [5.41, 5.74) is 2.18. The topological polar surface area (TPSA) is 35.6 Å². The molecule has 1 heterocycles. The Kier molecular flexibility index (Phi) is 6.00. The van der Waals surface area contributed by atoms with Crippen molar-refractivity contribution in [2.75, 3.05) is 37.8 Å². The van der Waals surface area contributed by atoms with Crippen molar-refractivity contribution in [3.05, 3.63) is 60.2 Å². The molecule has 0 aliphatic carbocycles. The largest absolute Gasteiger partial charge is 0.322 e. The minimum Gasteiger partial charge on any atom is -0.322 e. The van der Waals surface area contributed by atoms with E-state index in [1.807, 2.05) is 41.5 Å². The smallest absolute Gasteiger partial charge is 0.321 e. The molecule has 1 unspecified atom stereocenters. The lowest BCUT2D eigenvalue weighted by Crippen LogP contribution is -2.50. The van der Waals surface area contributed by atoms with Gasteiger partial charge in [0.1, 0.15) is 0 Å². The standard InChI is InChI=1S/C20H25N3OS/c1-16(17-6-4-3-5-7-17)22-12-14-23(15-13-22)20(24)21-18-8-10-19(25-2)11-9-18/h3-11,16H,12-15H2,1-2H3,(H,21,24). The van der Waals surface area contributed by atoms with Crippen molar-refractivity contribution in [2.45, 2.75) is 17.9 Å². The number of anilines is 1. The molecule has 1 saturated heterocycles. The number of nitrogens with one attached hydrogen (secondary N) is 1. The molecular formula is C20H25N3OS. The lowest BCUT2D eigenvalue weighted by atomic mass is 10.1. The number of carbonyl (C=O) groups excluding carboxylic acids is 1. The van der Waals surface area contributed by atoms with Crippen molar-refractivity contribution >= 4 is 23.5 Å². The highest BCUT2D eigenvalue weighted by molar-refractivity contribution is 7.98. The maximum Gasteiger partial charge on any atom is 0.321 e. The highest BCUT2D eigenvalue weighted by atomic mass is 32.2. The Labute approximate surface area is 154 Å². The van der Waals surface area contributed by atoms with Crippen LogP contribution in [0, 0.1) is 0 Å². The molecule has 2 amide bonds. The fourth-order valence-corrected chi connectivity index (χ4v) is 3.54. The van der Waals surface area contributed by atoms with Crippen molar-refractivity contribution in [3.8, 4) is 0 Å². The van der Waals surface area contributed by atoms with Gasteiger partial charge >= 0.3 is 6.03 Å². The van der Waals surface area contributed by atoms with Crippen molar-refractivity contribution < 1.29 is 4.79 Å². The molecular weight excluding hydrogens is 330 g/mol. The molecule has 1 atom stereocenters. The minimum atomic E-state index is -0.0103. The molecule has 132 valence electrons. The van der Waals surface area contributed by atoms with E-state index in [9.17, 15) is 4.79 Å². The fraction of sp³-hybridized carbons (Fsp3) is 0.350. The Balaban J connectivity index is 1.52. The number of urea groups is 1. The predicted octanol–water partition coefficient (Wildman–Crippen LogP) is 4.32. The first-order valence-electron chi connectivity index (χ1n) is 8.66. The summed E-state index contributed by atoms with van der Waals surface area (Å²) in [5.74, 6) is 0. The number of carbonyl (C=O) groups is 1. The average Bonchev–Trinajstić information content (AvgIpc) is 2.69. The number of nitrogens with zero attached hydrogens (tertiary/aromatic N) is 2. The van der Waals surface area contributed by atoms with Gasteiger partial charge in [0, 0.05) is 42.8 Å². The molecule has 0 saturated carbocycles. The summed E-state index contributed by atoms with van der Waals surface area (Å²) in [7, 11) is 0. The van der Waals surface area contributed by atoms with Crippen molar-refractivity contribution in [3.63, 3.8) is 0 Å². The average molecular weight is 356 g/mol. The second kappa shape index (κ2) is 8.41. The number of hydrogen-bond acceptors (Lipinski definition) is 3. The number of amides is 2. The number of piperazine rings is 1. The SMILES string of the molecule is CSc1ccc(NC(=O)N2CCN(C(C)c3ccccc3)CC2)cc1. The predicted molar refractivity (Wildman–Crippen MR) is 105 cm³/mol. The summed E-state index contributed by atoms with van der Waals surface area (Å²) < 4.78 is 0. The van der Waals surface area contributed by atoms with Gasteiger partial charge in [-0.05, 0) is 43.0 Å². The molecule has 1 aliphatic rings. The Hall–Kier alpha value is -1.98. The van der Waals surface area contributed by atoms with Crippen molar-refractivity contribution in [1.29, 1.82) is 0 Å². The molecule has 25 heavy (non-hydrogen) atoms. The molecule has 4 nitrogen and oxygen atoms in total. The van der Waals surface area contributed by atoms with Gasteiger partial charge in [-0.2, -0.15) is 0 Å². The van der Waals surface area contributed by atoms with Crippen LogP contribution in [0.5, 0.6) is 0 Å². The van der Waals surface area contributed by atoms with E-state index >= 15 is 0 Å². The summed E-state index contributed by atoms with van der Waals surface area (Å²) in [6.07, 6.45) is 2.05. The van der Waals surface area contributed by atoms with Crippen LogP contribution in [0.15, 0.2) is 59.5 Å². The Morgan fingerprint density at radius 1 is 1.00 bits per heavy atom. The second-order valence-corrected chi connectivity index (χ2v) is 7.15. The Morgan fingerprint density at radius 3 is 2.24 bits per heavy atom. The molecule has 1 N–H and O–H groups in total. The zero-order chi connectivity index (χ0) is 17.6. The number of rotatable bonds is 4.